The van der Waals surface area contributed by atoms with Crippen LogP contribution in [0.1, 0.15) is 10.6 Å². The summed E-state index contributed by atoms with van der Waals surface area (Å²) in [6, 6.07) is 9.77. The van der Waals surface area contributed by atoms with Crippen molar-refractivity contribution in [3.05, 3.63) is 50.6 Å². The van der Waals surface area contributed by atoms with E-state index < -0.39 is 0 Å². The van der Waals surface area contributed by atoms with Crippen molar-refractivity contribution in [3.63, 3.8) is 0 Å². The minimum atomic E-state index is 0.579. The molecule has 2 heterocycles. The van der Waals surface area contributed by atoms with Gasteiger partial charge in [0.1, 0.15) is 11.1 Å². The molecule has 0 N–H and O–H groups in total. The van der Waals surface area contributed by atoms with Crippen LogP contribution in [0.4, 0.5) is 0 Å². The van der Waals surface area contributed by atoms with Gasteiger partial charge in [-0.25, -0.2) is 4.98 Å². The molecule has 92 valence electrons. The lowest BCUT2D eigenvalue weighted by Gasteiger charge is -1.90. The third-order valence-electron chi connectivity index (χ3n) is 2.55. The van der Waals surface area contributed by atoms with Gasteiger partial charge in [-0.3, -0.25) is 0 Å². The van der Waals surface area contributed by atoms with Gasteiger partial charge in [0.15, 0.2) is 0 Å². The van der Waals surface area contributed by atoms with Crippen LogP contribution in [0.5, 0.6) is 0 Å². The summed E-state index contributed by atoms with van der Waals surface area (Å²) in [7, 11) is 0. The zero-order chi connectivity index (χ0) is 13.2. The Bertz CT molecular complexity index is 795. The van der Waals surface area contributed by atoms with Gasteiger partial charge in [0, 0.05) is 5.02 Å². The van der Waals surface area contributed by atoms with Crippen molar-refractivity contribution in [2.24, 2.45) is 0 Å². The summed E-state index contributed by atoms with van der Waals surface area (Å²) in [5, 5.41) is 14.7. The van der Waals surface area contributed by atoms with Crippen molar-refractivity contribution in [1.82, 2.24) is 4.98 Å². The number of hydrogen-bond acceptors (Lipinski definition) is 4. The van der Waals surface area contributed by atoms with E-state index in [2.05, 4.69) is 11.1 Å². The smallest absolute Gasteiger partial charge is 0.135 e. The van der Waals surface area contributed by atoms with Crippen molar-refractivity contribution in [2.75, 3.05) is 0 Å². The van der Waals surface area contributed by atoms with Crippen molar-refractivity contribution in [2.45, 2.75) is 0 Å². The number of thiazole rings is 1. The quantitative estimate of drug-likeness (QED) is 0.619. The highest BCUT2D eigenvalue weighted by Crippen LogP contribution is 2.29. The molecule has 0 radical (unpaired) electrons. The number of halogens is 1. The van der Waals surface area contributed by atoms with Crippen molar-refractivity contribution in [1.29, 1.82) is 5.26 Å². The van der Waals surface area contributed by atoms with Crippen molar-refractivity contribution >= 4 is 56.1 Å². The molecule has 0 amide bonds. The molecule has 0 saturated carbocycles. The molecule has 0 aliphatic heterocycles. The maximum absolute atomic E-state index is 9.28. The van der Waals surface area contributed by atoms with E-state index >= 15 is 0 Å². The number of aromatic nitrogens is 1. The maximum atomic E-state index is 9.28. The second-order valence-electron chi connectivity index (χ2n) is 3.86. The first-order valence-corrected chi connectivity index (χ1v) is 7.60. The fourth-order valence-electron chi connectivity index (χ4n) is 1.68. The van der Waals surface area contributed by atoms with Gasteiger partial charge in [-0.05, 0) is 46.7 Å². The minimum absolute atomic E-state index is 0.579. The molecule has 2 aromatic heterocycles. The Hall–Kier alpha value is -1.67. The zero-order valence-electron chi connectivity index (χ0n) is 9.63. The number of fused-ring (bicyclic) bond motifs is 1. The number of nitrogens with zero attached hydrogens (tertiary/aromatic N) is 2. The average molecular weight is 303 g/mol. The number of allylic oxidation sites excluding steroid dienone is 1. The Labute approximate surface area is 123 Å². The van der Waals surface area contributed by atoms with Crippen LogP contribution in [0.2, 0.25) is 5.02 Å². The van der Waals surface area contributed by atoms with Gasteiger partial charge >= 0.3 is 0 Å². The predicted octanol–water partition coefficient (Wildman–Crippen LogP) is 5.08. The normalized spacial score (nSPS) is 11.7. The molecule has 5 heteroatoms. The first-order chi connectivity index (χ1) is 9.26. The number of hydrogen-bond donors (Lipinski definition) is 0. The van der Waals surface area contributed by atoms with Crippen LogP contribution in [0.15, 0.2) is 35.0 Å². The predicted molar refractivity (Wildman–Crippen MR) is 82.4 cm³/mol. The lowest BCUT2D eigenvalue weighted by molar-refractivity contribution is 1.44. The molecular formula is C14H7ClN2S2. The molecule has 3 rings (SSSR count). The largest absolute Gasteiger partial charge is 0.235 e. The molecular weight excluding hydrogens is 296 g/mol. The Morgan fingerprint density at radius 3 is 3.00 bits per heavy atom. The summed E-state index contributed by atoms with van der Waals surface area (Å²) in [6.45, 7) is 0. The number of benzene rings is 1. The van der Waals surface area contributed by atoms with E-state index in [1.54, 1.807) is 11.3 Å². The van der Waals surface area contributed by atoms with E-state index in [1.165, 1.54) is 11.3 Å². The molecule has 1 aromatic carbocycles. The summed E-state index contributed by atoms with van der Waals surface area (Å²) in [6.07, 6.45) is 1.86. The molecule has 0 atom stereocenters. The minimum Gasteiger partial charge on any atom is -0.235 e. The molecule has 3 aromatic rings. The Morgan fingerprint density at radius 2 is 2.26 bits per heavy atom. The molecule has 0 fully saturated rings. The summed E-state index contributed by atoms with van der Waals surface area (Å²) in [4.78, 5) is 4.47. The van der Waals surface area contributed by atoms with E-state index in [4.69, 9.17) is 11.6 Å². The molecule has 0 unspecified atom stereocenters. The zero-order valence-corrected chi connectivity index (χ0v) is 12.0. The van der Waals surface area contributed by atoms with Crippen LogP contribution < -0.4 is 0 Å². The van der Waals surface area contributed by atoms with Gasteiger partial charge in [0.2, 0.25) is 0 Å². The van der Waals surface area contributed by atoms with Crippen LogP contribution >= 0.6 is 34.3 Å². The second-order valence-corrected chi connectivity index (χ2v) is 6.10. The van der Waals surface area contributed by atoms with Gasteiger partial charge in [-0.2, -0.15) is 16.6 Å². The van der Waals surface area contributed by atoms with E-state index in [9.17, 15) is 5.26 Å². The van der Waals surface area contributed by atoms with Gasteiger partial charge in [0.25, 0.3) is 0 Å². The highest BCUT2D eigenvalue weighted by atomic mass is 35.5. The molecule has 0 saturated heterocycles. The Morgan fingerprint density at radius 1 is 1.37 bits per heavy atom. The van der Waals surface area contributed by atoms with Gasteiger partial charge in [-0.15, -0.1) is 11.3 Å². The molecule has 0 aliphatic carbocycles. The lowest BCUT2D eigenvalue weighted by Crippen LogP contribution is -1.78. The molecule has 2 nitrogen and oxygen atoms in total. The highest BCUT2D eigenvalue weighted by molar-refractivity contribution is 7.19. The maximum Gasteiger partial charge on any atom is 0.135 e. The van der Waals surface area contributed by atoms with E-state index in [0.29, 0.717) is 10.6 Å². The first kappa shape index (κ1) is 12.4. The van der Waals surface area contributed by atoms with Crippen LogP contribution in [0.25, 0.3) is 21.9 Å². The fraction of sp³-hybridized carbons (Fsp3) is 0. The number of thiophene rings is 1. The van der Waals surface area contributed by atoms with Crippen LogP contribution in [0.3, 0.4) is 0 Å². The van der Waals surface area contributed by atoms with E-state index in [0.717, 1.165) is 20.8 Å². The van der Waals surface area contributed by atoms with E-state index in [-0.39, 0.29) is 0 Å². The van der Waals surface area contributed by atoms with Gasteiger partial charge in [0.05, 0.1) is 15.8 Å². The lowest BCUT2D eigenvalue weighted by atomic mass is 10.2. The van der Waals surface area contributed by atoms with Gasteiger partial charge < -0.3 is 0 Å². The molecule has 0 spiro atoms. The molecule has 0 bridgehead atoms. The average Bonchev–Trinajstić information content (AvgIpc) is 3.03. The van der Waals surface area contributed by atoms with Crippen molar-refractivity contribution < 1.29 is 0 Å². The van der Waals surface area contributed by atoms with Gasteiger partial charge in [-0.1, -0.05) is 11.6 Å². The number of rotatable bonds is 2. The molecule has 19 heavy (non-hydrogen) atoms. The Balaban J connectivity index is 2.10. The summed E-state index contributed by atoms with van der Waals surface area (Å²) < 4.78 is 1.03. The van der Waals surface area contributed by atoms with E-state index in [1.807, 2.05) is 41.1 Å². The monoisotopic (exact) mass is 302 g/mol. The second kappa shape index (κ2) is 5.14. The molecule has 0 aliphatic rings. The van der Waals surface area contributed by atoms with Crippen LogP contribution in [0, 0.1) is 11.3 Å². The summed E-state index contributed by atoms with van der Waals surface area (Å²) in [5.41, 5.74) is 2.44. The summed E-state index contributed by atoms with van der Waals surface area (Å²) >= 11 is 9.05. The SMILES string of the molecule is N#CC(=Cc1ccsc1)c1nc2cc(Cl)ccc2s1. The fourth-order valence-corrected chi connectivity index (χ4v) is 3.38. The van der Waals surface area contributed by atoms with Crippen molar-refractivity contribution in [3.8, 4) is 6.07 Å². The topological polar surface area (TPSA) is 36.7 Å². The third kappa shape index (κ3) is 2.54. The highest BCUT2D eigenvalue weighted by Gasteiger charge is 2.09. The van der Waals surface area contributed by atoms with Crippen LogP contribution in [-0.4, -0.2) is 4.98 Å². The first-order valence-electron chi connectivity index (χ1n) is 5.47. The Kier molecular flexibility index (Phi) is 3.34. The number of nitriles is 1. The van der Waals surface area contributed by atoms with Crippen LogP contribution in [-0.2, 0) is 0 Å². The third-order valence-corrected chi connectivity index (χ3v) is 4.56. The standard InChI is InChI=1S/C14H7ClN2S2/c15-11-1-2-13-12(6-11)17-14(19-13)10(7-16)5-9-3-4-18-8-9/h1-6,8H. The summed E-state index contributed by atoms with van der Waals surface area (Å²) in [5.74, 6) is 0.